The Morgan fingerprint density at radius 1 is 1.45 bits per heavy atom. The Hall–Kier alpha value is -2.19. The number of nitrogens with two attached hydrogens (primary N) is 1. The zero-order valence-electron chi connectivity index (χ0n) is 10.7. The summed E-state index contributed by atoms with van der Waals surface area (Å²) in [5.41, 5.74) is 6.44. The largest absolute Gasteiger partial charge is 0.504 e. The number of aryl methyl sites for hydroxylation is 1. The van der Waals surface area contributed by atoms with Gasteiger partial charge in [0.2, 0.25) is 11.0 Å². The maximum Gasteiger partial charge on any atom is 0.243 e. The Morgan fingerprint density at radius 2 is 2.20 bits per heavy atom. The van der Waals surface area contributed by atoms with Crippen molar-refractivity contribution >= 4 is 22.6 Å². The van der Waals surface area contributed by atoms with Gasteiger partial charge in [-0.1, -0.05) is 6.07 Å². The minimum absolute atomic E-state index is 0.212. The highest BCUT2D eigenvalue weighted by Gasteiger charge is 2.16. The van der Waals surface area contributed by atoms with Gasteiger partial charge in [-0.3, -0.25) is 10.1 Å². The Bertz CT molecular complexity index is 629. The van der Waals surface area contributed by atoms with Crippen molar-refractivity contribution in [3.05, 3.63) is 29.6 Å². The van der Waals surface area contributed by atoms with Crippen molar-refractivity contribution in [2.45, 2.75) is 19.4 Å². The van der Waals surface area contributed by atoms with Crippen LogP contribution in [-0.2, 0) is 11.2 Å². The lowest BCUT2D eigenvalue weighted by Gasteiger charge is -2.11. The molecule has 0 saturated carbocycles. The number of hydrogen-bond donors (Lipinski definition) is 4. The second kappa shape index (κ2) is 5.85. The van der Waals surface area contributed by atoms with Crippen LogP contribution in [0.4, 0.5) is 5.13 Å². The molecule has 1 atom stereocenters. The van der Waals surface area contributed by atoms with E-state index in [4.69, 9.17) is 5.73 Å². The predicted octanol–water partition coefficient (Wildman–Crippen LogP) is 0.766. The van der Waals surface area contributed by atoms with E-state index in [0.717, 1.165) is 11.5 Å². The molecule has 8 heteroatoms. The molecule has 0 saturated heterocycles. The fraction of sp³-hybridized carbons (Fsp3) is 0.250. The lowest BCUT2D eigenvalue weighted by molar-refractivity contribution is -0.117. The Balaban J connectivity index is 1.98. The van der Waals surface area contributed by atoms with Crippen LogP contribution in [0.15, 0.2) is 18.2 Å². The zero-order valence-corrected chi connectivity index (χ0v) is 11.5. The molecular weight excluding hydrogens is 280 g/mol. The van der Waals surface area contributed by atoms with Crippen LogP contribution in [0.3, 0.4) is 0 Å². The van der Waals surface area contributed by atoms with Gasteiger partial charge in [-0.05, 0) is 31.0 Å². The number of phenols is 2. The van der Waals surface area contributed by atoms with Crippen molar-refractivity contribution in [3.8, 4) is 11.5 Å². The summed E-state index contributed by atoms with van der Waals surface area (Å²) < 4.78 is 3.95. The first-order valence-electron chi connectivity index (χ1n) is 5.83. The average Bonchev–Trinajstić information content (AvgIpc) is 2.79. The summed E-state index contributed by atoms with van der Waals surface area (Å²) in [5.74, 6) is -0.248. The quantitative estimate of drug-likeness (QED) is 0.618. The van der Waals surface area contributed by atoms with E-state index in [1.54, 1.807) is 13.0 Å². The number of amides is 1. The number of aromatic nitrogens is 2. The predicted molar refractivity (Wildman–Crippen MR) is 74.7 cm³/mol. The van der Waals surface area contributed by atoms with E-state index >= 15 is 0 Å². The molecule has 1 amide bonds. The zero-order chi connectivity index (χ0) is 14.7. The Labute approximate surface area is 119 Å². The third-order valence-electron chi connectivity index (χ3n) is 2.59. The van der Waals surface area contributed by atoms with E-state index in [0.29, 0.717) is 16.5 Å². The number of carbonyl (C=O) groups is 1. The SMILES string of the molecule is Cc1nsc(NC(=O)[C@@H](N)Cc2ccc(O)c(O)c2)n1. The molecule has 1 aromatic heterocycles. The summed E-state index contributed by atoms with van der Waals surface area (Å²) in [6.45, 7) is 1.73. The number of benzene rings is 1. The number of phenolic OH excluding ortho intramolecular Hbond substituents is 2. The summed E-state index contributed by atoms with van der Waals surface area (Å²) in [6, 6.07) is 3.53. The van der Waals surface area contributed by atoms with Crippen LogP contribution >= 0.6 is 11.5 Å². The van der Waals surface area contributed by atoms with Gasteiger partial charge >= 0.3 is 0 Å². The molecule has 20 heavy (non-hydrogen) atoms. The smallest absolute Gasteiger partial charge is 0.243 e. The first-order chi connectivity index (χ1) is 9.45. The van der Waals surface area contributed by atoms with Gasteiger partial charge in [-0.25, -0.2) is 4.98 Å². The van der Waals surface area contributed by atoms with Gasteiger partial charge in [0.1, 0.15) is 5.82 Å². The van der Waals surface area contributed by atoms with Crippen LogP contribution < -0.4 is 11.1 Å². The van der Waals surface area contributed by atoms with Gasteiger partial charge in [-0.15, -0.1) is 0 Å². The number of anilines is 1. The average molecular weight is 294 g/mol. The maximum absolute atomic E-state index is 11.9. The number of carbonyl (C=O) groups excluding carboxylic acids is 1. The molecule has 2 rings (SSSR count). The molecule has 5 N–H and O–H groups in total. The minimum Gasteiger partial charge on any atom is -0.504 e. The molecule has 106 valence electrons. The summed E-state index contributed by atoms with van der Waals surface area (Å²) in [4.78, 5) is 15.9. The molecule has 0 aliphatic rings. The lowest BCUT2D eigenvalue weighted by Crippen LogP contribution is -2.37. The second-order valence-electron chi connectivity index (χ2n) is 4.27. The normalized spacial score (nSPS) is 12.1. The van der Waals surface area contributed by atoms with Crippen LogP contribution in [-0.4, -0.2) is 31.5 Å². The van der Waals surface area contributed by atoms with E-state index in [1.165, 1.54) is 12.1 Å². The van der Waals surface area contributed by atoms with Crippen molar-refractivity contribution in [3.63, 3.8) is 0 Å². The minimum atomic E-state index is -0.789. The van der Waals surface area contributed by atoms with E-state index in [2.05, 4.69) is 14.7 Å². The van der Waals surface area contributed by atoms with Crippen molar-refractivity contribution in [1.29, 1.82) is 0 Å². The first kappa shape index (κ1) is 14.2. The molecule has 0 aliphatic carbocycles. The van der Waals surface area contributed by atoms with Crippen molar-refractivity contribution in [1.82, 2.24) is 9.36 Å². The van der Waals surface area contributed by atoms with Crippen molar-refractivity contribution in [2.24, 2.45) is 5.73 Å². The molecule has 1 heterocycles. The monoisotopic (exact) mass is 294 g/mol. The van der Waals surface area contributed by atoms with Crippen molar-refractivity contribution in [2.75, 3.05) is 5.32 Å². The molecule has 0 fully saturated rings. The van der Waals surface area contributed by atoms with Crippen LogP contribution in [0.2, 0.25) is 0 Å². The third-order valence-corrected chi connectivity index (χ3v) is 3.31. The molecule has 2 aromatic rings. The van der Waals surface area contributed by atoms with Crippen LogP contribution in [0.1, 0.15) is 11.4 Å². The summed E-state index contributed by atoms with van der Waals surface area (Å²) in [6.07, 6.45) is 0.234. The molecule has 0 unspecified atom stereocenters. The molecule has 1 aromatic carbocycles. The van der Waals surface area contributed by atoms with E-state index in [-0.39, 0.29) is 23.8 Å². The topological polar surface area (TPSA) is 121 Å². The fourth-order valence-corrected chi connectivity index (χ4v) is 2.17. The Morgan fingerprint density at radius 3 is 2.80 bits per heavy atom. The Kier molecular flexibility index (Phi) is 4.16. The third kappa shape index (κ3) is 3.43. The van der Waals surface area contributed by atoms with Gasteiger partial charge in [0.15, 0.2) is 11.5 Å². The number of nitrogens with one attached hydrogen (secondary N) is 1. The summed E-state index contributed by atoms with van der Waals surface area (Å²) >= 11 is 1.08. The van der Waals surface area contributed by atoms with Gasteiger partial charge in [0.25, 0.3) is 0 Å². The van der Waals surface area contributed by atoms with E-state index in [1.807, 2.05) is 0 Å². The van der Waals surface area contributed by atoms with E-state index in [9.17, 15) is 15.0 Å². The molecular formula is C12H14N4O3S. The van der Waals surface area contributed by atoms with Gasteiger partial charge in [0.05, 0.1) is 6.04 Å². The van der Waals surface area contributed by atoms with Crippen LogP contribution in [0.25, 0.3) is 0 Å². The van der Waals surface area contributed by atoms with Gasteiger partial charge < -0.3 is 15.9 Å². The first-order valence-corrected chi connectivity index (χ1v) is 6.60. The standard InChI is InChI=1S/C12H14N4O3S/c1-6-14-12(20-16-6)15-11(19)8(13)4-7-2-3-9(17)10(18)5-7/h2-3,5,8,17-18H,4,13H2,1H3,(H,14,15,16,19)/t8-/m0/s1. The van der Waals surface area contributed by atoms with E-state index < -0.39 is 6.04 Å². The van der Waals surface area contributed by atoms with Gasteiger partial charge in [0, 0.05) is 11.5 Å². The molecule has 0 radical (unpaired) electrons. The molecule has 0 aliphatic heterocycles. The highest BCUT2D eigenvalue weighted by Crippen LogP contribution is 2.25. The summed E-state index contributed by atoms with van der Waals surface area (Å²) in [7, 11) is 0. The highest BCUT2D eigenvalue weighted by molar-refractivity contribution is 7.09. The second-order valence-corrected chi connectivity index (χ2v) is 5.02. The summed E-state index contributed by atoms with van der Waals surface area (Å²) in [5, 5.41) is 21.6. The fourth-order valence-electron chi connectivity index (χ4n) is 1.59. The van der Waals surface area contributed by atoms with Crippen molar-refractivity contribution < 1.29 is 15.0 Å². The number of nitrogens with zero attached hydrogens (tertiary/aromatic N) is 2. The molecule has 0 spiro atoms. The van der Waals surface area contributed by atoms with Crippen LogP contribution in [0, 0.1) is 6.92 Å². The molecule has 7 nitrogen and oxygen atoms in total. The number of hydrogen-bond acceptors (Lipinski definition) is 7. The maximum atomic E-state index is 11.9. The number of rotatable bonds is 4. The number of aromatic hydroxyl groups is 2. The van der Waals surface area contributed by atoms with Crippen LogP contribution in [0.5, 0.6) is 11.5 Å². The lowest BCUT2D eigenvalue weighted by atomic mass is 10.1. The highest BCUT2D eigenvalue weighted by atomic mass is 32.1. The molecule has 0 bridgehead atoms. The van der Waals surface area contributed by atoms with Gasteiger partial charge in [-0.2, -0.15) is 4.37 Å².